The van der Waals surface area contributed by atoms with Crippen LogP contribution in [0.4, 0.5) is 22.0 Å². The van der Waals surface area contributed by atoms with Crippen molar-refractivity contribution in [1.29, 1.82) is 0 Å². The second-order valence-corrected chi connectivity index (χ2v) is 4.63. The lowest BCUT2D eigenvalue weighted by Gasteiger charge is -2.18. The quantitative estimate of drug-likeness (QED) is 0.145. The molecule has 1 rings (SSSR count). The highest BCUT2D eigenvalue weighted by Gasteiger charge is 2.29. The van der Waals surface area contributed by atoms with Gasteiger partial charge in [-0.25, -0.2) is 22.0 Å². The lowest BCUT2D eigenvalue weighted by atomic mass is 9.98. The lowest BCUT2D eigenvalue weighted by molar-refractivity contribution is 0.350. The van der Waals surface area contributed by atoms with Crippen molar-refractivity contribution in [2.45, 2.75) is 38.1 Å². The summed E-state index contributed by atoms with van der Waals surface area (Å²) in [4.78, 5) is 0. The number of benzene rings is 1. The van der Waals surface area contributed by atoms with Gasteiger partial charge < -0.3 is 0 Å². The van der Waals surface area contributed by atoms with Crippen molar-refractivity contribution in [3.8, 4) is 0 Å². The molecule has 1 unspecified atom stereocenters. The second kappa shape index (κ2) is 8.09. The van der Waals surface area contributed by atoms with Gasteiger partial charge in [0.1, 0.15) is 0 Å². The van der Waals surface area contributed by atoms with Gasteiger partial charge in [-0.05, 0) is 19.3 Å². The van der Waals surface area contributed by atoms with Crippen LogP contribution in [0.25, 0.3) is 0 Å². The second-order valence-electron chi connectivity index (χ2n) is 4.63. The minimum atomic E-state index is -2.17. The summed E-state index contributed by atoms with van der Waals surface area (Å²) in [5, 5.41) is 0. The summed E-state index contributed by atoms with van der Waals surface area (Å²) in [7, 11) is 0. The molecule has 0 aromatic heterocycles. The lowest BCUT2D eigenvalue weighted by Crippen LogP contribution is -2.30. The highest BCUT2D eigenvalue weighted by Crippen LogP contribution is 2.30. The van der Waals surface area contributed by atoms with E-state index < -0.39 is 40.7 Å². The van der Waals surface area contributed by atoms with Crippen LogP contribution in [0.3, 0.4) is 0 Å². The number of unbranched alkanes of at least 4 members (excludes halogenated alkanes) is 3. The number of halogens is 5. The van der Waals surface area contributed by atoms with Gasteiger partial charge in [0.15, 0.2) is 23.3 Å². The number of hydrogen-bond donors (Lipinski definition) is 2. The van der Waals surface area contributed by atoms with E-state index in [1.165, 1.54) is 0 Å². The van der Waals surface area contributed by atoms with E-state index in [9.17, 15) is 22.0 Å². The number of hydrazine groups is 1. The van der Waals surface area contributed by atoms with E-state index in [0.29, 0.717) is 6.42 Å². The average molecular weight is 308 g/mol. The van der Waals surface area contributed by atoms with Crippen LogP contribution >= 0.6 is 0 Å². The van der Waals surface area contributed by atoms with E-state index in [-0.39, 0.29) is 6.42 Å². The van der Waals surface area contributed by atoms with E-state index in [4.69, 9.17) is 5.84 Å². The molecule has 0 amide bonds. The smallest absolute Gasteiger partial charge is 0.200 e. The van der Waals surface area contributed by atoms with Crippen molar-refractivity contribution in [1.82, 2.24) is 5.43 Å². The highest BCUT2D eigenvalue weighted by atomic mass is 19.2. The van der Waals surface area contributed by atoms with Crippen LogP contribution in [0.2, 0.25) is 0 Å². The Hall–Kier alpha value is -1.47. The van der Waals surface area contributed by atoms with Crippen molar-refractivity contribution < 1.29 is 22.0 Å². The molecule has 0 saturated heterocycles. The van der Waals surface area contributed by atoms with Crippen LogP contribution in [0.15, 0.2) is 12.7 Å². The summed E-state index contributed by atoms with van der Waals surface area (Å²) in [5.41, 5.74) is 1.19. The molecule has 0 saturated carbocycles. The molecule has 0 aliphatic heterocycles. The Kier molecular flexibility index (Phi) is 6.77. The zero-order valence-corrected chi connectivity index (χ0v) is 11.4. The molecule has 0 aliphatic carbocycles. The zero-order valence-electron chi connectivity index (χ0n) is 11.4. The van der Waals surface area contributed by atoms with Crippen molar-refractivity contribution in [3.63, 3.8) is 0 Å². The van der Waals surface area contributed by atoms with Gasteiger partial charge in [0.25, 0.3) is 0 Å². The Labute approximate surface area is 119 Å². The maximum absolute atomic E-state index is 13.6. The molecule has 3 N–H and O–H groups in total. The molecule has 21 heavy (non-hydrogen) atoms. The molecule has 1 atom stereocenters. The van der Waals surface area contributed by atoms with Gasteiger partial charge >= 0.3 is 0 Å². The van der Waals surface area contributed by atoms with Crippen LogP contribution in [0, 0.1) is 29.1 Å². The van der Waals surface area contributed by atoms with E-state index in [1.54, 1.807) is 6.08 Å². The predicted molar refractivity (Wildman–Crippen MR) is 69.6 cm³/mol. The Morgan fingerprint density at radius 1 is 0.905 bits per heavy atom. The predicted octanol–water partition coefficient (Wildman–Crippen LogP) is 4.02. The SMILES string of the molecule is C=CCCCCCC(NN)c1c(F)c(F)c(F)c(F)c1F. The van der Waals surface area contributed by atoms with Crippen LogP contribution < -0.4 is 11.3 Å². The summed E-state index contributed by atoms with van der Waals surface area (Å²) in [5.74, 6) is -4.61. The van der Waals surface area contributed by atoms with Gasteiger partial charge in [-0.15, -0.1) is 6.58 Å². The van der Waals surface area contributed by atoms with Gasteiger partial charge in [-0.3, -0.25) is 11.3 Å². The third kappa shape index (κ3) is 4.01. The Morgan fingerprint density at radius 3 is 1.90 bits per heavy atom. The molecule has 0 heterocycles. The summed E-state index contributed by atoms with van der Waals surface area (Å²) >= 11 is 0. The maximum atomic E-state index is 13.6. The molecular weight excluding hydrogens is 291 g/mol. The largest absolute Gasteiger partial charge is 0.271 e. The van der Waals surface area contributed by atoms with E-state index in [0.717, 1.165) is 19.3 Å². The summed E-state index contributed by atoms with van der Waals surface area (Å²) < 4.78 is 66.5. The third-order valence-corrected chi connectivity index (χ3v) is 3.19. The van der Waals surface area contributed by atoms with Gasteiger partial charge in [-0.2, -0.15) is 0 Å². The first-order valence-corrected chi connectivity index (χ1v) is 6.54. The molecule has 118 valence electrons. The van der Waals surface area contributed by atoms with Crippen LogP contribution in [0.1, 0.15) is 43.7 Å². The minimum Gasteiger partial charge on any atom is -0.271 e. The zero-order chi connectivity index (χ0) is 16.0. The number of nitrogens with two attached hydrogens (primary N) is 1. The molecule has 1 aromatic carbocycles. The molecular formula is C14H17F5N2. The molecule has 0 spiro atoms. The molecule has 0 bridgehead atoms. The van der Waals surface area contributed by atoms with Crippen LogP contribution in [0.5, 0.6) is 0 Å². The summed E-state index contributed by atoms with van der Waals surface area (Å²) in [6.07, 6.45) is 4.79. The normalized spacial score (nSPS) is 12.5. The van der Waals surface area contributed by atoms with Gasteiger partial charge in [0.2, 0.25) is 5.82 Å². The topological polar surface area (TPSA) is 38.0 Å². The Balaban J connectivity index is 2.93. The number of nitrogens with one attached hydrogen (secondary N) is 1. The highest BCUT2D eigenvalue weighted by molar-refractivity contribution is 5.27. The number of rotatable bonds is 8. The standard InChI is InChI=1S/C14H17F5N2/c1-2-3-4-5-6-7-8(21-20)9-10(15)12(17)14(19)13(18)11(9)16/h2,8,21H,1,3-7,20H2. The minimum absolute atomic E-state index is 0.159. The first-order valence-electron chi connectivity index (χ1n) is 6.54. The fourth-order valence-electron chi connectivity index (χ4n) is 2.05. The first kappa shape index (κ1) is 17.6. The van der Waals surface area contributed by atoms with E-state index >= 15 is 0 Å². The maximum Gasteiger partial charge on any atom is 0.200 e. The Morgan fingerprint density at radius 2 is 1.43 bits per heavy atom. The van der Waals surface area contributed by atoms with E-state index in [1.807, 2.05) is 0 Å². The number of hydrogen-bond acceptors (Lipinski definition) is 2. The van der Waals surface area contributed by atoms with Gasteiger partial charge in [0, 0.05) is 5.56 Å². The van der Waals surface area contributed by atoms with Crippen molar-refractivity contribution >= 4 is 0 Å². The Bertz CT molecular complexity index is 476. The molecule has 0 aliphatic rings. The fourth-order valence-corrected chi connectivity index (χ4v) is 2.05. The number of allylic oxidation sites excluding steroid dienone is 1. The first-order chi connectivity index (χ1) is 9.95. The van der Waals surface area contributed by atoms with E-state index in [2.05, 4.69) is 12.0 Å². The van der Waals surface area contributed by atoms with Gasteiger partial charge in [0.05, 0.1) is 6.04 Å². The summed E-state index contributed by atoms with van der Waals surface area (Å²) in [6.45, 7) is 3.56. The fraction of sp³-hybridized carbons (Fsp3) is 0.429. The van der Waals surface area contributed by atoms with Gasteiger partial charge in [-0.1, -0.05) is 18.9 Å². The van der Waals surface area contributed by atoms with Crippen molar-refractivity contribution in [2.75, 3.05) is 0 Å². The monoisotopic (exact) mass is 308 g/mol. The molecule has 2 nitrogen and oxygen atoms in total. The summed E-state index contributed by atoms with van der Waals surface area (Å²) in [6, 6.07) is -1.14. The van der Waals surface area contributed by atoms with Crippen molar-refractivity contribution in [3.05, 3.63) is 47.3 Å². The van der Waals surface area contributed by atoms with Crippen LogP contribution in [-0.4, -0.2) is 0 Å². The molecule has 1 aromatic rings. The van der Waals surface area contributed by atoms with Crippen LogP contribution in [-0.2, 0) is 0 Å². The third-order valence-electron chi connectivity index (χ3n) is 3.19. The molecule has 7 heteroatoms. The molecule has 0 radical (unpaired) electrons. The average Bonchev–Trinajstić information content (AvgIpc) is 2.49. The van der Waals surface area contributed by atoms with Crippen molar-refractivity contribution in [2.24, 2.45) is 5.84 Å². The molecule has 0 fully saturated rings.